The van der Waals surface area contributed by atoms with Crippen molar-refractivity contribution in [3.63, 3.8) is 0 Å². The summed E-state index contributed by atoms with van der Waals surface area (Å²) >= 11 is 0. The van der Waals surface area contributed by atoms with E-state index in [4.69, 9.17) is 0 Å². The predicted octanol–water partition coefficient (Wildman–Crippen LogP) is 5.38. The molecular weight excluding hydrogens is 400 g/mol. The third-order valence-corrected chi connectivity index (χ3v) is 6.81. The van der Waals surface area contributed by atoms with E-state index >= 15 is 0 Å². The highest BCUT2D eigenvalue weighted by Gasteiger charge is 2.37. The van der Waals surface area contributed by atoms with Crippen LogP contribution in [0.5, 0.6) is 0 Å². The lowest BCUT2D eigenvalue weighted by atomic mass is 9.82. The maximum atomic E-state index is 14.0. The van der Waals surface area contributed by atoms with Gasteiger partial charge in [-0.25, -0.2) is 4.79 Å². The van der Waals surface area contributed by atoms with Crippen LogP contribution in [0.2, 0.25) is 0 Å². The molecule has 5 heteroatoms. The Morgan fingerprint density at radius 3 is 1.88 bits per heavy atom. The van der Waals surface area contributed by atoms with Crippen LogP contribution in [0.1, 0.15) is 80.9 Å². The van der Waals surface area contributed by atoms with Crippen LogP contribution in [-0.2, 0) is 12.8 Å². The van der Waals surface area contributed by atoms with Gasteiger partial charge in [0.2, 0.25) is 0 Å². The second-order valence-electron chi connectivity index (χ2n) is 8.66. The van der Waals surface area contributed by atoms with E-state index in [0.717, 1.165) is 38.5 Å². The summed E-state index contributed by atoms with van der Waals surface area (Å²) in [5.74, 6) is -1.18. The number of carboxylic acids is 1. The van der Waals surface area contributed by atoms with E-state index in [1.54, 1.807) is 6.07 Å². The molecule has 32 heavy (non-hydrogen) atoms. The highest BCUT2D eigenvalue weighted by Crippen LogP contribution is 2.43. The van der Waals surface area contributed by atoms with Crippen molar-refractivity contribution in [1.82, 2.24) is 9.88 Å². The van der Waals surface area contributed by atoms with Crippen LogP contribution in [0.3, 0.4) is 0 Å². The largest absolute Gasteiger partial charge is 0.478 e. The predicted molar refractivity (Wildman–Crippen MR) is 122 cm³/mol. The van der Waals surface area contributed by atoms with Gasteiger partial charge in [-0.1, -0.05) is 48.5 Å². The molecule has 0 radical (unpaired) electrons. The summed E-state index contributed by atoms with van der Waals surface area (Å²) in [7, 11) is 0. The number of hydrogen-bond donors (Lipinski definition) is 1. The van der Waals surface area contributed by atoms with Crippen molar-refractivity contribution >= 4 is 11.9 Å². The topological polar surface area (TPSA) is 70.5 Å². The molecule has 1 N–H and O–H groups in total. The first-order valence-corrected chi connectivity index (χ1v) is 11.3. The average Bonchev–Trinajstić information content (AvgIpc) is 2.84. The van der Waals surface area contributed by atoms with Crippen molar-refractivity contribution in [2.45, 2.75) is 50.6 Å². The van der Waals surface area contributed by atoms with Gasteiger partial charge in [-0.3, -0.25) is 9.78 Å². The van der Waals surface area contributed by atoms with Crippen molar-refractivity contribution in [2.75, 3.05) is 0 Å². The highest BCUT2D eigenvalue weighted by atomic mass is 16.4. The molecule has 0 fully saturated rings. The molecular formula is C27H26N2O3. The molecule has 3 aromatic rings. The van der Waals surface area contributed by atoms with Crippen molar-refractivity contribution in [2.24, 2.45) is 0 Å². The van der Waals surface area contributed by atoms with E-state index in [-0.39, 0.29) is 23.6 Å². The summed E-state index contributed by atoms with van der Waals surface area (Å²) < 4.78 is 0. The molecule has 5 rings (SSSR count). The minimum Gasteiger partial charge on any atom is -0.478 e. The Balaban J connectivity index is 1.60. The van der Waals surface area contributed by atoms with E-state index in [9.17, 15) is 14.7 Å². The zero-order chi connectivity index (χ0) is 22.1. The number of carbonyl (C=O) groups is 2. The Morgan fingerprint density at radius 2 is 1.38 bits per heavy atom. The van der Waals surface area contributed by atoms with Crippen molar-refractivity contribution in [1.29, 1.82) is 0 Å². The van der Waals surface area contributed by atoms with E-state index in [2.05, 4.69) is 53.5 Å². The number of aryl methyl sites for hydroxylation is 2. The first-order valence-electron chi connectivity index (χ1n) is 11.3. The van der Waals surface area contributed by atoms with Gasteiger partial charge < -0.3 is 10.0 Å². The Hall–Kier alpha value is -3.47. The van der Waals surface area contributed by atoms with Gasteiger partial charge in [0.25, 0.3) is 5.91 Å². The van der Waals surface area contributed by atoms with E-state index < -0.39 is 5.97 Å². The molecule has 2 aliphatic rings. The lowest BCUT2D eigenvalue weighted by molar-refractivity contribution is 0.0503. The van der Waals surface area contributed by atoms with Crippen LogP contribution in [-0.4, -0.2) is 26.9 Å². The average molecular weight is 427 g/mol. The molecule has 2 atom stereocenters. The molecule has 2 unspecified atom stereocenters. The molecule has 0 saturated carbocycles. The number of rotatable bonds is 4. The number of fused-ring (bicyclic) bond motifs is 2. The fraction of sp³-hybridized carbons (Fsp3) is 0.296. The van der Waals surface area contributed by atoms with Crippen LogP contribution in [0.15, 0.2) is 66.9 Å². The van der Waals surface area contributed by atoms with Gasteiger partial charge in [-0.15, -0.1) is 0 Å². The quantitative estimate of drug-likeness (QED) is 0.608. The maximum absolute atomic E-state index is 14.0. The number of carbonyl (C=O) groups excluding carboxylic acids is 1. The summed E-state index contributed by atoms with van der Waals surface area (Å²) in [5, 5.41) is 9.21. The van der Waals surface area contributed by atoms with Crippen molar-refractivity contribution < 1.29 is 14.7 Å². The number of amides is 1. The summed E-state index contributed by atoms with van der Waals surface area (Å²) in [5.41, 5.74) is 5.43. The summed E-state index contributed by atoms with van der Waals surface area (Å²) in [4.78, 5) is 31.5. The number of carboxylic acid groups (broad SMARTS) is 1. The van der Waals surface area contributed by atoms with Gasteiger partial charge in [0, 0.05) is 6.20 Å². The number of hydrogen-bond acceptors (Lipinski definition) is 3. The molecule has 0 saturated heterocycles. The molecule has 0 aliphatic heterocycles. The zero-order valence-corrected chi connectivity index (χ0v) is 17.9. The van der Waals surface area contributed by atoms with Gasteiger partial charge in [0.05, 0.1) is 17.6 Å². The molecule has 0 bridgehead atoms. The summed E-state index contributed by atoms with van der Waals surface area (Å²) in [6.07, 6.45) is 7.22. The van der Waals surface area contributed by atoms with E-state index in [1.165, 1.54) is 34.5 Å². The smallest absolute Gasteiger partial charge is 0.337 e. The normalized spacial score (nSPS) is 19.5. The van der Waals surface area contributed by atoms with E-state index in [1.807, 2.05) is 4.90 Å². The fourth-order valence-electron chi connectivity index (χ4n) is 5.31. The molecule has 2 aromatic carbocycles. The van der Waals surface area contributed by atoms with Crippen LogP contribution >= 0.6 is 0 Å². The second-order valence-corrected chi connectivity index (χ2v) is 8.66. The monoisotopic (exact) mass is 426 g/mol. The Bertz CT molecular complexity index is 1100. The Labute approximate surface area is 187 Å². The molecule has 162 valence electrons. The van der Waals surface area contributed by atoms with Gasteiger partial charge in [-0.2, -0.15) is 0 Å². The molecule has 1 aromatic heterocycles. The maximum Gasteiger partial charge on any atom is 0.337 e. The number of pyridine rings is 1. The van der Waals surface area contributed by atoms with Crippen LogP contribution in [0.25, 0.3) is 0 Å². The summed E-state index contributed by atoms with van der Waals surface area (Å²) in [6.45, 7) is 0. The van der Waals surface area contributed by atoms with Crippen molar-refractivity contribution in [3.05, 3.63) is 100 Å². The summed E-state index contributed by atoms with van der Waals surface area (Å²) in [6, 6.07) is 19.8. The number of aromatic nitrogens is 1. The molecule has 0 spiro atoms. The number of benzene rings is 2. The van der Waals surface area contributed by atoms with E-state index in [0.29, 0.717) is 5.69 Å². The van der Waals surface area contributed by atoms with Crippen LogP contribution in [0, 0.1) is 0 Å². The standard InChI is InChI=1S/C27H26N2O3/c30-26(23-16-15-20(17-28-23)27(31)32)29(24-13-5-9-18-7-1-3-11-21(18)24)25-14-6-10-19-8-2-4-12-22(19)25/h1-4,7-8,11-12,15-17,24-25H,5-6,9-10,13-14H2,(H,31,32). The second kappa shape index (κ2) is 8.58. The minimum atomic E-state index is -1.05. The SMILES string of the molecule is O=C(O)c1ccc(C(=O)N(C2CCCc3ccccc32)C2CCCc3ccccc32)nc1. The van der Waals surface area contributed by atoms with Crippen molar-refractivity contribution in [3.8, 4) is 0 Å². The first kappa shape index (κ1) is 20.4. The lowest BCUT2D eigenvalue weighted by Crippen LogP contribution is -2.41. The third kappa shape index (κ3) is 3.68. The van der Waals surface area contributed by atoms with Gasteiger partial charge in [0.15, 0.2) is 0 Å². The molecule has 5 nitrogen and oxygen atoms in total. The number of nitrogens with zero attached hydrogens (tertiary/aromatic N) is 2. The molecule has 1 heterocycles. The highest BCUT2D eigenvalue weighted by molar-refractivity contribution is 5.94. The number of aromatic carboxylic acids is 1. The molecule has 2 aliphatic carbocycles. The van der Waals surface area contributed by atoms with Gasteiger partial charge >= 0.3 is 5.97 Å². The lowest BCUT2D eigenvalue weighted by Gasteiger charge is -2.43. The minimum absolute atomic E-state index is 0.0236. The Morgan fingerprint density at radius 1 is 0.812 bits per heavy atom. The van der Waals surface area contributed by atoms with Crippen LogP contribution in [0.4, 0.5) is 0 Å². The van der Waals surface area contributed by atoms with Gasteiger partial charge in [0.1, 0.15) is 5.69 Å². The Kier molecular flexibility index (Phi) is 5.48. The fourth-order valence-corrected chi connectivity index (χ4v) is 5.31. The van der Waals surface area contributed by atoms with Crippen LogP contribution < -0.4 is 0 Å². The zero-order valence-electron chi connectivity index (χ0n) is 17.9. The van der Waals surface area contributed by atoms with Gasteiger partial charge in [-0.05, 0) is 72.9 Å². The molecule has 1 amide bonds. The third-order valence-electron chi connectivity index (χ3n) is 6.81. The first-order chi connectivity index (χ1) is 15.6.